The topological polar surface area (TPSA) is 63.5 Å². The molecular formula is C21H24ClN5O. The summed E-state index contributed by atoms with van der Waals surface area (Å²) in [5.74, 6) is 0.725. The molecule has 1 aromatic heterocycles. The lowest BCUT2D eigenvalue weighted by Crippen LogP contribution is -2.38. The fourth-order valence-electron chi connectivity index (χ4n) is 2.60. The predicted octanol–water partition coefficient (Wildman–Crippen LogP) is 3.41. The highest BCUT2D eigenvalue weighted by Gasteiger charge is 2.03. The zero-order valence-corrected chi connectivity index (χ0v) is 16.6. The predicted molar refractivity (Wildman–Crippen MR) is 113 cm³/mol. The summed E-state index contributed by atoms with van der Waals surface area (Å²) >= 11 is 5.93. The summed E-state index contributed by atoms with van der Waals surface area (Å²) in [5, 5.41) is 11.6. The van der Waals surface area contributed by atoms with Gasteiger partial charge in [-0.2, -0.15) is 5.10 Å². The molecule has 0 unspecified atom stereocenters. The number of hydrogen-bond acceptors (Lipinski definition) is 3. The first kappa shape index (κ1) is 19.9. The Bertz CT molecular complexity index is 877. The smallest absolute Gasteiger partial charge is 0.191 e. The monoisotopic (exact) mass is 397 g/mol. The molecule has 0 spiro atoms. The van der Waals surface area contributed by atoms with Crippen LogP contribution < -0.4 is 10.6 Å². The van der Waals surface area contributed by atoms with Crippen LogP contribution in [0, 0.1) is 0 Å². The summed E-state index contributed by atoms with van der Waals surface area (Å²) in [6.07, 6.45) is 3.81. The van der Waals surface area contributed by atoms with Crippen molar-refractivity contribution in [3.63, 3.8) is 0 Å². The number of ether oxygens (including phenoxy) is 1. The van der Waals surface area contributed by atoms with Crippen molar-refractivity contribution in [2.75, 3.05) is 20.2 Å². The van der Waals surface area contributed by atoms with Crippen LogP contribution in [0.25, 0.3) is 5.69 Å². The van der Waals surface area contributed by atoms with Gasteiger partial charge in [0.05, 0.1) is 25.1 Å². The minimum atomic E-state index is 0.601. The summed E-state index contributed by atoms with van der Waals surface area (Å²) in [6, 6.07) is 17.7. The fraction of sp³-hybridized carbons (Fsp3) is 0.238. The molecule has 0 saturated carbocycles. The van der Waals surface area contributed by atoms with E-state index in [-0.39, 0.29) is 0 Å². The summed E-state index contributed by atoms with van der Waals surface area (Å²) in [5.41, 5.74) is 3.19. The SMILES string of the molecule is CN=C(NCCOCc1ccccc1)NCc1cnn(-c2ccc(Cl)cc2)c1. The third-order valence-electron chi connectivity index (χ3n) is 4.06. The van der Waals surface area contributed by atoms with E-state index in [1.54, 1.807) is 7.05 Å². The van der Waals surface area contributed by atoms with Gasteiger partial charge in [-0.3, -0.25) is 4.99 Å². The molecular weight excluding hydrogens is 374 g/mol. The van der Waals surface area contributed by atoms with E-state index in [9.17, 15) is 0 Å². The van der Waals surface area contributed by atoms with Gasteiger partial charge in [0.15, 0.2) is 5.96 Å². The van der Waals surface area contributed by atoms with Gasteiger partial charge in [0.1, 0.15) is 0 Å². The van der Waals surface area contributed by atoms with Crippen LogP contribution in [-0.4, -0.2) is 35.9 Å². The maximum absolute atomic E-state index is 5.93. The van der Waals surface area contributed by atoms with Gasteiger partial charge in [-0.15, -0.1) is 0 Å². The summed E-state index contributed by atoms with van der Waals surface area (Å²) in [4.78, 5) is 4.23. The minimum Gasteiger partial charge on any atom is -0.375 e. The maximum Gasteiger partial charge on any atom is 0.191 e. The average Bonchev–Trinajstić information content (AvgIpc) is 3.20. The number of nitrogens with zero attached hydrogens (tertiary/aromatic N) is 3. The van der Waals surface area contributed by atoms with E-state index in [0.717, 1.165) is 17.2 Å². The molecule has 3 rings (SSSR count). The normalized spacial score (nSPS) is 11.4. The van der Waals surface area contributed by atoms with E-state index < -0.39 is 0 Å². The number of benzene rings is 2. The first-order valence-electron chi connectivity index (χ1n) is 9.10. The third-order valence-corrected chi connectivity index (χ3v) is 4.31. The molecule has 3 aromatic rings. The van der Waals surface area contributed by atoms with Crippen LogP contribution >= 0.6 is 11.6 Å². The van der Waals surface area contributed by atoms with Gasteiger partial charge in [0.2, 0.25) is 0 Å². The van der Waals surface area contributed by atoms with Crippen molar-refractivity contribution in [3.05, 3.63) is 83.1 Å². The van der Waals surface area contributed by atoms with E-state index in [4.69, 9.17) is 16.3 Å². The molecule has 0 saturated heterocycles. The summed E-state index contributed by atoms with van der Waals surface area (Å²) in [7, 11) is 1.75. The van der Waals surface area contributed by atoms with Crippen molar-refractivity contribution < 1.29 is 4.74 Å². The molecule has 0 atom stereocenters. The Morgan fingerprint density at radius 3 is 2.61 bits per heavy atom. The lowest BCUT2D eigenvalue weighted by Gasteiger charge is -2.11. The molecule has 0 radical (unpaired) electrons. The van der Waals surface area contributed by atoms with E-state index >= 15 is 0 Å². The molecule has 7 heteroatoms. The van der Waals surface area contributed by atoms with Crippen LogP contribution in [0.5, 0.6) is 0 Å². The first-order chi connectivity index (χ1) is 13.7. The molecule has 0 amide bonds. The van der Waals surface area contributed by atoms with Crippen molar-refractivity contribution in [1.29, 1.82) is 0 Å². The van der Waals surface area contributed by atoms with Crippen LogP contribution in [0.3, 0.4) is 0 Å². The molecule has 1 heterocycles. The van der Waals surface area contributed by atoms with E-state index in [2.05, 4.69) is 32.9 Å². The highest BCUT2D eigenvalue weighted by molar-refractivity contribution is 6.30. The van der Waals surface area contributed by atoms with Crippen LogP contribution in [0.1, 0.15) is 11.1 Å². The quantitative estimate of drug-likeness (QED) is 0.347. The molecule has 6 nitrogen and oxygen atoms in total. The third kappa shape index (κ3) is 6.11. The molecule has 146 valence electrons. The zero-order valence-electron chi connectivity index (χ0n) is 15.8. The lowest BCUT2D eigenvalue weighted by molar-refractivity contribution is 0.125. The van der Waals surface area contributed by atoms with Gasteiger partial charge < -0.3 is 15.4 Å². The molecule has 0 aliphatic rings. The van der Waals surface area contributed by atoms with Crippen LogP contribution in [0.4, 0.5) is 0 Å². The fourth-order valence-corrected chi connectivity index (χ4v) is 2.72. The minimum absolute atomic E-state index is 0.601. The second-order valence-electron chi connectivity index (χ2n) is 6.16. The number of hydrogen-bond donors (Lipinski definition) is 2. The molecule has 2 aromatic carbocycles. The molecule has 0 aliphatic carbocycles. The molecule has 0 fully saturated rings. The Morgan fingerprint density at radius 1 is 1.07 bits per heavy atom. The van der Waals surface area contributed by atoms with Crippen LogP contribution in [-0.2, 0) is 17.9 Å². The summed E-state index contributed by atoms with van der Waals surface area (Å²) in [6.45, 7) is 2.51. The Hall–Kier alpha value is -2.83. The maximum atomic E-state index is 5.93. The standard InChI is InChI=1S/C21H24ClN5O/c1-23-21(24-11-12-28-16-17-5-3-2-4-6-17)25-13-18-14-26-27(15-18)20-9-7-19(22)8-10-20/h2-10,14-15H,11-13,16H2,1H3,(H2,23,24,25). The van der Waals surface area contributed by atoms with Crippen LogP contribution in [0.15, 0.2) is 72.0 Å². The number of aliphatic imine (C=N–C) groups is 1. The second kappa shape index (κ2) is 10.5. The number of nitrogens with one attached hydrogen (secondary N) is 2. The Morgan fingerprint density at radius 2 is 1.86 bits per heavy atom. The number of halogens is 1. The van der Waals surface area contributed by atoms with Gasteiger partial charge >= 0.3 is 0 Å². The van der Waals surface area contributed by atoms with Gasteiger partial charge in [-0.1, -0.05) is 41.9 Å². The lowest BCUT2D eigenvalue weighted by atomic mass is 10.2. The van der Waals surface area contributed by atoms with E-state index in [0.29, 0.717) is 31.3 Å². The van der Waals surface area contributed by atoms with E-state index in [1.807, 2.05) is 59.5 Å². The largest absolute Gasteiger partial charge is 0.375 e. The Labute approximate surface area is 170 Å². The second-order valence-corrected chi connectivity index (χ2v) is 6.60. The van der Waals surface area contributed by atoms with Crippen molar-refractivity contribution in [2.24, 2.45) is 4.99 Å². The van der Waals surface area contributed by atoms with Gasteiger partial charge in [0, 0.05) is 36.9 Å². The van der Waals surface area contributed by atoms with E-state index in [1.165, 1.54) is 5.56 Å². The molecule has 28 heavy (non-hydrogen) atoms. The number of aromatic nitrogens is 2. The Balaban J connectivity index is 1.39. The van der Waals surface area contributed by atoms with Crippen molar-refractivity contribution in [1.82, 2.24) is 20.4 Å². The van der Waals surface area contributed by atoms with Crippen molar-refractivity contribution >= 4 is 17.6 Å². The van der Waals surface area contributed by atoms with Crippen molar-refractivity contribution in [2.45, 2.75) is 13.2 Å². The Kier molecular flexibility index (Phi) is 7.46. The molecule has 0 bridgehead atoms. The number of rotatable bonds is 8. The summed E-state index contributed by atoms with van der Waals surface area (Å²) < 4.78 is 7.49. The average molecular weight is 398 g/mol. The van der Waals surface area contributed by atoms with Gasteiger partial charge in [0.25, 0.3) is 0 Å². The highest BCUT2D eigenvalue weighted by atomic mass is 35.5. The zero-order chi connectivity index (χ0) is 19.6. The van der Waals surface area contributed by atoms with Gasteiger partial charge in [-0.05, 0) is 29.8 Å². The first-order valence-corrected chi connectivity index (χ1v) is 9.48. The van der Waals surface area contributed by atoms with Gasteiger partial charge in [-0.25, -0.2) is 4.68 Å². The number of guanidine groups is 1. The van der Waals surface area contributed by atoms with Crippen LogP contribution in [0.2, 0.25) is 5.02 Å². The van der Waals surface area contributed by atoms with Crippen molar-refractivity contribution in [3.8, 4) is 5.69 Å². The highest BCUT2D eigenvalue weighted by Crippen LogP contribution is 2.13. The molecule has 0 aliphatic heterocycles. The molecule has 2 N–H and O–H groups in total.